The van der Waals surface area contributed by atoms with Crippen molar-refractivity contribution in [2.24, 2.45) is 0 Å². The molecule has 0 unspecified atom stereocenters. The lowest BCUT2D eigenvalue weighted by Crippen LogP contribution is -2.57. The highest BCUT2D eigenvalue weighted by Gasteiger charge is 2.30. The summed E-state index contributed by atoms with van der Waals surface area (Å²) in [4.78, 5) is 25.6. The first-order valence-corrected chi connectivity index (χ1v) is 11.7. The van der Waals surface area contributed by atoms with Gasteiger partial charge in [0.2, 0.25) is 0 Å². The smallest absolute Gasteiger partial charge is 0.311 e. The van der Waals surface area contributed by atoms with Crippen molar-refractivity contribution in [2.45, 2.75) is 51.6 Å². The van der Waals surface area contributed by atoms with Crippen LogP contribution in [-0.4, -0.2) is 68.4 Å². The molecule has 0 aliphatic carbocycles. The Bertz CT molecular complexity index is 711. The normalized spacial score (nSPS) is 18.5. The SMILES string of the molecule is CCC[C@@H](C(=O)NNC1CCS(=O)(=O)CC1)N(CC)C(=O)NOS(=O)(=O)O. The Hall–Kier alpha value is -1.48. The van der Waals surface area contributed by atoms with E-state index < -0.39 is 38.2 Å². The maximum atomic E-state index is 12.5. The number of hydrazine groups is 1. The van der Waals surface area contributed by atoms with Gasteiger partial charge in [-0.25, -0.2) is 18.6 Å². The minimum atomic E-state index is -4.87. The number of hydrogen-bond acceptors (Lipinski definition) is 8. The molecular weight excluding hydrogens is 404 g/mol. The summed E-state index contributed by atoms with van der Waals surface area (Å²) < 4.78 is 56.3. The lowest BCUT2D eigenvalue weighted by Gasteiger charge is -2.30. The summed E-state index contributed by atoms with van der Waals surface area (Å²) >= 11 is 0. The van der Waals surface area contributed by atoms with E-state index in [9.17, 15) is 26.4 Å². The van der Waals surface area contributed by atoms with E-state index in [4.69, 9.17) is 4.55 Å². The molecule has 0 saturated carbocycles. The van der Waals surface area contributed by atoms with Gasteiger partial charge in [-0.05, 0) is 26.2 Å². The van der Waals surface area contributed by atoms with Gasteiger partial charge in [-0.1, -0.05) is 13.3 Å². The Labute approximate surface area is 158 Å². The highest BCUT2D eigenvalue weighted by Crippen LogP contribution is 2.12. The zero-order valence-electron chi connectivity index (χ0n) is 15.2. The molecule has 0 aromatic carbocycles. The van der Waals surface area contributed by atoms with Crippen LogP contribution in [0, 0.1) is 0 Å². The number of urea groups is 1. The van der Waals surface area contributed by atoms with Crippen LogP contribution in [0.4, 0.5) is 4.79 Å². The van der Waals surface area contributed by atoms with Gasteiger partial charge in [-0.3, -0.25) is 14.8 Å². The predicted molar refractivity (Wildman–Crippen MR) is 95.2 cm³/mol. The lowest BCUT2D eigenvalue weighted by atomic mass is 10.1. The fourth-order valence-electron chi connectivity index (χ4n) is 2.65. The fraction of sp³-hybridized carbons (Fsp3) is 0.846. The van der Waals surface area contributed by atoms with Crippen LogP contribution >= 0.6 is 0 Å². The standard InChI is InChI=1S/C13H26N4O8S2/c1-3-5-11(17(4-2)13(19)16-25-27(22,23)24)12(18)15-14-10-6-8-26(20,21)9-7-10/h10-11,14H,3-9H2,1-2H3,(H,15,18)(H,16,19)(H,22,23,24)/t11-/m0/s1. The molecule has 158 valence electrons. The van der Waals surface area contributed by atoms with Crippen molar-refractivity contribution in [1.29, 1.82) is 0 Å². The van der Waals surface area contributed by atoms with Gasteiger partial charge < -0.3 is 4.90 Å². The van der Waals surface area contributed by atoms with Crippen molar-refractivity contribution in [3.63, 3.8) is 0 Å². The van der Waals surface area contributed by atoms with E-state index >= 15 is 0 Å². The molecule has 27 heavy (non-hydrogen) atoms. The summed E-state index contributed by atoms with van der Waals surface area (Å²) in [6, 6.07) is -2.14. The summed E-state index contributed by atoms with van der Waals surface area (Å²) in [6.07, 6.45) is 1.57. The van der Waals surface area contributed by atoms with E-state index in [1.807, 2.05) is 0 Å². The van der Waals surface area contributed by atoms with Crippen LogP contribution in [0.5, 0.6) is 0 Å². The van der Waals surface area contributed by atoms with Gasteiger partial charge in [0.1, 0.15) is 15.9 Å². The minimum Gasteiger partial charge on any atom is -0.311 e. The van der Waals surface area contributed by atoms with Gasteiger partial charge in [0, 0.05) is 12.6 Å². The number of sulfone groups is 1. The second-order valence-electron chi connectivity index (χ2n) is 6.07. The Balaban J connectivity index is 2.67. The first kappa shape index (κ1) is 23.6. The fourth-order valence-corrected chi connectivity index (χ4v) is 4.31. The molecular formula is C13H26N4O8S2. The van der Waals surface area contributed by atoms with Gasteiger partial charge in [-0.2, -0.15) is 13.9 Å². The van der Waals surface area contributed by atoms with E-state index in [2.05, 4.69) is 15.1 Å². The highest BCUT2D eigenvalue weighted by molar-refractivity contribution is 7.91. The summed E-state index contributed by atoms with van der Waals surface area (Å²) in [7, 11) is -7.90. The first-order valence-electron chi connectivity index (χ1n) is 8.47. The third-order valence-electron chi connectivity index (χ3n) is 4.03. The van der Waals surface area contributed by atoms with Crippen molar-refractivity contribution < 1.29 is 35.3 Å². The number of nitrogens with zero attached hydrogens (tertiary/aromatic N) is 1. The molecule has 1 fully saturated rings. The van der Waals surface area contributed by atoms with Crippen molar-refractivity contribution in [1.82, 2.24) is 21.2 Å². The van der Waals surface area contributed by atoms with E-state index in [0.717, 1.165) is 4.90 Å². The third kappa shape index (κ3) is 8.38. The topological polar surface area (TPSA) is 171 Å². The number of amides is 3. The number of rotatable bonds is 9. The second kappa shape index (κ2) is 10.2. The third-order valence-corrected chi connectivity index (χ3v) is 6.04. The summed E-state index contributed by atoms with van der Waals surface area (Å²) in [5.74, 6) is -0.459. The van der Waals surface area contributed by atoms with Gasteiger partial charge >= 0.3 is 16.4 Å². The molecule has 0 bridgehead atoms. The van der Waals surface area contributed by atoms with Crippen LogP contribution in [-0.2, 0) is 29.3 Å². The maximum Gasteiger partial charge on any atom is 0.418 e. The van der Waals surface area contributed by atoms with Crippen molar-refractivity contribution >= 4 is 32.2 Å². The van der Waals surface area contributed by atoms with E-state index in [1.165, 1.54) is 0 Å². The Morgan fingerprint density at radius 3 is 2.33 bits per heavy atom. The second-order valence-corrected chi connectivity index (χ2v) is 9.39. The summed E-state index contributed by atoms with van der Waals surface area (Å²) in [5.41, 5.74) is 6.84. The predicted octanol–water partition coefficient (Wildman–Crippen LogP) is -0.881. The zero-order valence-corrected chi connectivity index (χ0v) is 16.8. The van der Waals surface area contributed by atoms with Gasteiger partial charge in [-0.15, -0.1) is 4.28 Å². The molecule has 1 atom stereocenters. The quantitative estimate of drug-likeness (QED) is 0.268. The Morgan fingerprint density at radius 1 is 1.26 bits per heavy atom. The van der Waals surface area contributed by atoms with Crippen LogP contribution in [0.15, 0.2) is 0 Å². The van der Waals surface area contributed by atoms with Crippen LogP contribution in [0.25, 0.3) is 0 Å². The average molecular weight is 431 g/mol. The summed E-state index contributed by atoms with van der Waals surface area (Å²) in [6.45, 7) is 3.46. The highest BCUT2D eigenvalue weighted by atomic mass is 32.3. The molecule has 3 amide bonds. The molecule has 4 N–H and O–H groups in total. The average Bonchev–Trinajstić information content (AvgIpc) is 2.58. The molecule has 0 aromatic rings. The Kier molecular flexibility index (Phi) is 8.87. The monoisotopic (exact) mass is 430 g/mol. The number of likely N-dealkylation sites (N-methyl/N-ethyl adjacent to an activating group) is 1. The summed E-state index contributed by atoms with van der Waals surface area (Å²) in [5, 5.41) is 0. The zero-order chi connectivity index (χ0) is 20.7. The van der Waals surface area contributed by atoms with Crippen molar-refractivity contribution in [2.75, 3.05) is 18.1 Å². The largest absolute Gasteiger partial charge is 0.418 e. The maximum absolute atomic E-state index is 12.5. The lowest BCUT2D eigenvalue weighted by molar-refractivity contribution is -0.127. The molecule has 12 nitrogen and oxygen atoms in total. The number of carbonyl (C=O) groups is 2. The Morgan fingerprint density at radius 2 is 1.85 bits per heavy atom. The molecule has 1 saturated heterocycles. The van der Waals surface area contributed by atoms with Crippen molar-refractivity contribution in [3.05, 3.63) is 0 Å². The minimum absolute atomic E-state index is 0.0371. The molecule has 0 radical (unpaired) electrons. The van der Waals surface area contributed by atoms with Gasteiger partial charge in [0.15, 0.2) is 0 Å². The van der Waals surface area contributed by atoms with Crippen LogP contribution in [0.2, 0.25) is 0 Å². The van der Waals surface area contributed by atoms with Crippen molar-refractivity contribution in [3.8, 4) is 0 Å². The van der Waals surface area contributed by atoms with E-state index in [0.29, 0.717) is 25.7 Å². The molecule has 14 heteroatoms. The number of hydroxylamine groups is 1. The van der Waals surface area contributed by atoms with Gasteiger partial charge in [0.05, 0.1) is 11.5 Å². The number of nitrogens with one attached hydrogen (secondary N) is 3. The first-order chi connectivity index (χ1) is 12.5. The molecule has 1 aliphatic heterocycles. The molecule has 1 rings (SSSR count). The molecule has 1 heterocycles. The van der Waals surface area contributed by atoms with E-state index in [1.54, 1.807) is 19.3 Å². The van der Waals surface area contributed by atoms with Crippen LogP contribution < -0.4 is 16.3 Å². The molecule has 0 aromatic heterocycles. The number of carbonyl (C=O) groups excluding carboxylic acids is 2. The van der Waals surface area contributed by atoms with Crippen LogP contribution in [0.3, 0.4) is 0 Å². The molecule has 1 aliphatic rings. The van der Waals surface area contributed by atoms with E-state index in [-0.39, 0.29) is 24.1 Å². The molecule has 0 spiro atoms. The van der Waals surface area contributed by atoms with Crippen LogP contribution in [0.1, 0.15) is 39.5 Å². The van der Waals surface area contributed by atoms with Gasteiger partial charge in [0.25, 0.3) is 5.91 Å². The number of hydrogen-bond donors (Lipinski definition) is 4.